The van der Waals surface area contributed by atoms with E-state index < -0.39 is 12.1 Å². The minimum atomic E-state index is -0.662. The van der Waals surface area contributed by atoms with E-state index in [2.05, 4.69) is 43.5 Å². The standard InChI is InChI=1S/C65H125NO5/c1-3-5-7-9-11-13-15-16-17-33-36-39-43-47-51-55-59-65(70)71-60-56-52-48-44-40-37-34-31-29-27-25-23-21-19-18-20-22-24-26-28-30-32-35-38-42-46-50-54-58-64(69)66-62(61-67)63(68)57-53-49-45-41-14-12-10-8-6-4-2/h17-19,33,62-63,67-68H,3-16,20-32,34-61H2,1-2H3,(H,66,69)/b19-18-,33-17-. The van der Waals surface area contributed by atoms with Crippen LogP contribution in [0.3, 0.4) is 0 Å². The molecule has 0 heterocycles. The molecule has 6 nitrogen and oxygen atoms in total. The van der Waals surface area contributed by atoms with Crippen LogP contribution in [0.4, 0.5) is 0 Å². The van der Waals surface area contributed by atoms with E-state index in [1.54, 1.807) is 0 Å². The quantitative estimate of drug-likeness (QED) is 0.0320. The Bertz CT molecular complexity index is 1110. The average Bonchev–Trinajstić information content (AvgIpc) is 3.37. The second-order valence-electron chi connectivity index (χ2n) is 22.1. The summed E-state index contributed by atoms with van der Waals surface area (Å²) in [6, 6.07) is -0.539. The predicted octanol–water partition coefficient (Wildman–Crippen LogP) is 20.2. The normalized spacial score (nSPS) is 12.7. The average molecular weight is 1000 g/mol. The van der Waals surface area contributed by atoms with E-state index in [0.29, 0.717) is 25.9 Å². The highest BCUT2D eigenvalue weighted by atomic mass is 16.5. The summed E-state index contributed by atoms with van der Waals surface area (Å²) in [6.07, 6.45) is 75.0. The number of esters is 1. The Morgan fingerprint density at radius 2 is 0.662 bits per heavy atom. The van der Waals surface area contributed by atoms with Gasteiger partial charge in [-0.25, -0.2) is 0 Å². The van der Waals surface area contributed by atoms with Crippen molar-refractivity contribution in [3.05, 3.63) is 24.3 Å². The lowest BCUT2D eigenvalue weighted by Gasteiger charge is -2.22. The molecule has 0 saturated carbocycles. The fourth-order valence-corrected chi connectivity index (χ4v) is 10.0. The van der Waals surface area contributed by atoms with Crippen LogP contribution >= 0.6 is 0 Å². The third-order valence-electron chi connectivity index (χ3n) is 15.0. The van der Waals surface area contributed by atoms with Gasteiger partial charge < -0.3 is 20.3 Å². The molecule has 0 aromatic rings. The summed E-state index contributed by atoms with van der Waals surface area (Å²) in [5.74, 6) is -0.0268. The van der Waals surface area contributed by atoms with Crippen LogP contribution in [0.25, 0.3) is 0 Å². The van der Waals surface area contributed by atoms with Crippen molar-refractivity contribution in [1.82, 2.24) is 5.32 Å². The highest BCUT2D eigenvalue weighted by Gasteiger charge is 2.20. The first-order valence-electron chi connectivity index (χ1n) is 32.1. The number of unbranched alkanes of at least 4 members (excludes halogenated alkanes) is 45. The molecule has 0 aromatic carbocycles. The molecular formula is C65H125NO5. The number of hydrogen-bond acceptors (Lipinski definition) is 5. The molecule has 0 saturated heterocycles. The van der Waals surface area contributed by atoms with Gasteiger partial charge in [-0.3, -0.25) is 9.59 Å². The highest BCUT2D eigenvalue weighted by molar-refractivity contribution is 5.76. The molecule has 6 heteroatoms. The number of carbonyl (C=O) groups is 2. The van der Waals surface area contributed by atoms with E-state index in [4.69, 9.17) is 4.74 Å². The zero-order valence-corrected chi connectivity index (χ0v) is 48.0. The summed E-state index contributed by atoms with van der Waals surface area (Å²) < 4.78 is 5.49. The van der Waals surface area contributed by atoms with Crippen LogP contribution in [-0.2, 0) is 14.3 Å². The third-order valence-corrected chi connectivity index (χ3v) is 15.0. The number of aliphatic hydroxyl groups excluding tert-OH is 2. The summed E-state index contributed by atoms with van der Waals surface area (Å²) in [5.41, 5.74) is 0. The molecule has 2 unspecified atom stereocenters. The number of amides is 1. The Morgan fingerprint density at radius 3 is 1.00 bits per heavy atom. The monoisotopic (exact) mass is 1000 g/mol. The van der Waals surface area contributed by atoms with E-state index >= 15 is 0 Å². The van der Waals surface area contributed by atoms with Gasteiger partial charge in [0.25, 0.3) is 0 Å². The van der Waals surface area contributed by atoms with Crippen LogP contribution in [0.2, 0.25) is 0 Å². The number of rotatable bonds is 60. The highest BCUT2D eigenvalue weighted by Crippen LogP contribution is 2.18. The summed E-state index contributed by atoms with van der Waals surface area (Å²) >= 11 is 0. The molecule has 1 amide bonds. The molecule has 0 aliphatic heterocycles. The lowest BCUT2D eigenvalue weighted by Crippen LogP contribution is -2.45. The van der Waals surface area contributed by atoms with E-state index in [-0.39, 0.29) is 18.5 Å². The number of carbonyl (C=O) groups excluding carboxylic acids is 2. The Morgan fingerprint density at radius 1 is 0.380 bits per heavy atom. The van der Waals surface area contributed by atoms with Gasteiger partial charge in [0.15, 0.2) is 0 Å². The molecule has 0 radical (unpaired) electrons. The lowest BCUT2D eigenvalue weighted by molar-refractivity contribution is -0.143. The van der Waals surface area contributed by atoms with E-state index in [9.17, 15) is 19.8 Å². The van der Waals surface area contributed by atoms with Crippen molar-refractivity contribution in [3.63, 3.8) is 0 Å². The maximum absolute atomic E-state index is 12.4. The number of ether oxygens (including phenoxy) is 1. The van der Waals surface area contributed by atoms with Gasteiger partial charge in [0.2, 0.25) is 5.91 Å². The summed E-state index contributed by atoms with van der Waals surface area (Å²) in [6.45, 7) is 4.95. The number of allylic oxidation sites excluding steroid dienone is 4. The topological polar surface area (TPSA) is 95.9 Å². The van der Waals surface area contributed by atoms with Crippen molar-refractivity contribution in [2.24, 2.45) is 0 Å². The van der Waals surface area contributed by atoms with Crippen LogP contribution in [0, 0.1) is 0 Å². The van der Waals surface area contributed by atoms with Gasteiger partial charge >= 0.3 is 5.97 Å². The fraction of sp³-hybridized carbons (Fsp3) is 0.908. The maximum Gasteiger partial charge on any atom is 0.305 e. The second kappa shape index (κ2) is 60.9. The maximum atomic E-state index is 12.4. The minimum Gasteiger partial charge on any atom is -0.466 e. The van der Waals surface area contributed by atoms with Crippen molar-refractivity contribution in [1.29, 1.82) is 0 Å². The Kier molecular flexibility index (Phi) is 59.5. The molecule has 3 N–H and O–H groups in total. The van der Waals surface area contributed by atoms with Gasteiger partial charge in [-0.2, -0.15) is 0 Å². The molecule has 0 rings (SSSR count). The Labute approximate surface area is 443 Å². The van der Waals surface area contributed by atoms with Crippen molar-refractivity contribution >= 4 is 11.9 Å². The molecule has 71 heavy (non-hydrogen) atoms. The summed E-state index contributed by atoms with van der Waals surface area (Å²) in [7, 11) is 0. The van der Waals surface area contributed by atoms with Crippen LogP contribution in [0.15, 0.2) is 24.3 Å². The zero-order valence-electron chi connectivity index (χ0n) is 48.0. The largest absolute Gasteiger partial charge is 0.466 e. The lowest BCUT2D eigenvalue weighted by atomic mass is 10.0. The molecule has 0 aliphatic carbocycles. The van der Waals surface area contributed by atoms with E-state index in [1.165, 1.54) is 276 Å². The first kappa shape index (κ1) is 69.3. The first-order valence-corrected chi connectivity index (χ1v) is 32.1. The van der Waals surface area contributed by atoms with Crippen molar-refractivity contribution < 1.29 is 24.5 Å². The van der Waals surface area contributed by atoms with Gasteiger partial charge in [-0.05, 0) is 77.0 Å². The molecular weight excluding hydrogens is 875 g/mol. The molecule has 420 valence electrons. The van der Waals surface area contributed by atoms with Crippen molar-refractivity contribution in [2.45, 2.75) is 366 Å². The fourth-order valence-electron chi connectivity index (χ4n) is 10.0. The SMILES string of the molecule is CCCCCCCCC/C=C\CCCCCCCC(=O)OCCCCCCCCCCCCCC/C=C\CCCCCCCCCCCCCCC(=O)NC(CO)C(O)CCCCCCCCCCCC. The van der Waals surface area contributed by atoms with E-state index in [1.807, 2.05) is 0 Å². The van der Waals surface area contributed by atoms with Gasteiger partial charge in [0.1, 0.15) is 0 Å². The molecule has 0 aliphatic rings. The molecule has 0 bridgehead atoms. The van der Waals surface area contributed by atoms with E-state index in [0.717, 1.165) is 44.9 Å². The molecule has 2 atom stereocenters. The number of nitrogens with one attached hydrogen (secondary N) is 1. The van der Waals surface area contributed by atoms with Crippen molar-refractivity contribution in [3.8, 4) is 0 Å². The predicted molar refractivity (Wildman–Crippen MR) is 310 cm³/mol. The van der Waals surface area contributed by atoms with Gasteiger partial charge in [-0.1, -0.05) is 289 Å². The minimum absolute atomic E-state index is 0.00871. The van der Waals surface area contributed by atoms with Gasteiger partial charge in [0, 0.05) is 12.8 Å². The zero-order chi connectivity index (χ0) is 51.4. The van der Waals surface area contributed by atoms with Crippen LogP contribution in [0.1, 0.15) is 354 Å². The van der Waals surface area contributed by atoms with Crippen LogP contribution in [0.5, 0.6) is 0 Å². The summed E-state index contributed by atoms with van der Waals surface area (Å²) in [4.78, 5) is 24.5. The second-order valence-corrected chi connectivity index (χ2v) is 22.1. The van der Waals surface area contributed by atoms with Gasteiger partial charge in [0.05, 0.1) is 25.4 Å². The molecule has 0 aromatic heterocycles. The number of hydrogen-bond donors (Lipinski definition) is 3. The molecule has 0 fully saturated rings. The summed E-state index contributed by atoms with van der Waals surface area (Å²) in [5, 5.41) is 23.2. The first-order chi connectivity index (χ1) is 35.0. The van der Waals surface area contributed by atoms with Crippen molar-refractivity contribution in [2.75, 3.05) is 13.2 Å². The molecule has 0 spiro atoms. The van der Waals surface area contributed by atoms with Crippen LogP contribution < -0.4 is 5.32 Å². The Balaban J connectivity index is 3.35. The third kappa shape index (κ3) is 57.5. The van der Waals surface area contributed by atoms with Gasteiger partial charge in [-0.15, -0.1) is 0 Å². The van der Waals surface area contributed by atoms with Crippen LogP contribution in [-0.4, -0.2) is 47.4 Å². The number of aliphatic hydroxyl groups is 2. The smallest absolute Gasteiger partial charge is 0.305 e. The Hall–Kier alpha value is -1.66.